The molecule has 1 saturated heterocycles. The predicted molar refractivity (Wildman–Crippen MR) is 121 cm³/mol. The lowest BCUT2D eigenvalue weighted by Gasteiger charge is -2.34. The van der Waals surface area contributed by atoms with Gasteiger partial charge in [-0.2, -0.15) is 4.31 Å². The summed E-state index contributed by atoms with van der Waals surface area (Å²) < 4.78 is 27.8. The smallest absolute Gasteiger partial charge is 0.306 e. The van der Waals surface area contributed by atoms with E-state index in [0.29, 0.717) is 43.7 Å². The highest BCUT2D eigenvalue weighted by atomic mass is 32.2. The first-order chi connectivity index (χ1) is 14.9. The summed E-state index contributed by atoms with van der Waals surface area (Å²) in [6.07, 6.45) is 2.42. The maximum atomic E-state index is 13.2. The van der Waals surface area contributed by atoms with E-state index >= 15 is 0 Å². The summed E-state index contributed by atoms with van der Waals surface area (Å²) in [7, 11) is -3.59. The van der Waals surface area contributed by atoms with Crippen LogP contribution in [0.4, 0.5) is 0 Å². The molecule has 1 atom stereocenters. The zero-order chi connectivity index (χ0) is 21.8. The van der Waals surface area contributed by atoms with E-state index < -0.39 is 21.9 Å². The van der Waals surface area contributed by atoms with Crippen LogP contribution in [0.5, 0.6) is 0 Å². The van der Waals surface area contributed by atoms with Crippen molar-refractivity contribution in [2.24, 2.45) is 11.8 Å². The average Bonchev–Trinajstić information content (AvgIpc) is 2.79. The quantitative estimate of drug-likeness (QED) is 0.587. The van der Waals surface area contributed by atoms with E-state index in [0.717, 1.165) is 16.3 Å². The molecule has 5 nitrogen and oxygen atoms in total. The molecule has 0 aliphatic carbocycles. The molecule has 1 aliphatic heterocycles. The van der Waals surface area contributed by atoms with Crippen LogP contribution < -0.4 is 0 Å². The van der Waals surface area contributed by atoms with Crippen molar-refractivity contribution in [1.82, 2.24) is 4.31 Å². The minimum atomic E-state index is -3.59. The van der Waals surface area contributed by atoms with Gasteiger partial charge in [0.05, 0.1) is 10.8 Å². The molecule has 0 bridgehead atoms. The summed E-state index contributed by atoms with van der Waals surface area (Å²) >= 11 is 0. The Bertz CT molecular complexity index is 1150. The van der Waals surface area contributed by atoms with Crippen molar-refractivity contribution in [3.05, 3.63) is 78.4 Å². The number of aliphatic carboxylic acids is 1. The number of carboxylic acid groups (broad SMARTS) is 1. The molecular weight excluding hydrogens is 410 g/mol. The highest BCUT2D eigenvalue weighted by Gasteiger charge is 2.35. The average molecular weight is 438 g/mol. The second-order valence-corrected chi connectivity index (χ2v) is 10.2. The molecule has 0 amide bonds. The Morgan fingerprint density at radius 3 is 2.26 bits per heavy atom. The van der Waals surface area contributed by atoms with Crippen LogP contribution in [0.3, 0.4) is 0 Å². The number of nitrogens with zero attached hydrogens (tertiary/aromatic N) is 1. The molecule has 0 spiro atoms. The predicted octanol–water partition coefficient (Wildman–Crippen LogP) is 4.57. The lowest BCUT2D eigenvalue weighted by molar-refractivity contribution is -0.144. The molecule has 3 aromatic carbocycles. The molecule has 0 radical (unpaired) electrons. The molecule has 1 aliphatic rings. The molecule has 6 heteroatoms. The molecule has 1 unspecified atom stereocenters. The topological polar surface area (TPSA) is 74.7 Å². The van der Waals surface area contributed by atoms with Crippen molar-refractivity contribution >= 4 is 26.8 Å². The maximum Gasteiger partial charge on any atom is 0.306 e. The van der Waals surface area contributed by atoms with Crippen molar-refractivity contribution in [3.63, 3.8) is 0 Å². The van der Waals surface area contributed by atoms with E-state index in [2.05, 4.69) is 0 Å². The lowest BCUT2D eigenvalue weighted by atomic mass is 9.81. The Hall–Kier alpha value is -2.70. The first-order valence-electron chi connectivity index (χ1n) is 10.7. The third-order valence-corrected chi connectivity index (χ3v) is 8.23. The number of piperidine rings is 1. The monoisotopic (exact) mass is 437 g/mol. The maximum absolute atomic E-state index is 13.2. The number of carboxylic acids is 1. The number of fused-ring (bicyclic) bond motifs is 1. The van der Waals surface area contributed by atoms with Crippen LogP contribution in [0.2, 0.25) is 0 Å². The first kappa shape index (κ1) is 21.5. The van der Waals surface area contributed by atoms with Gasteiger partial charge in [-0.3, -0.25) is 4.79 Å². The molecule has 162 valence electrons. The van der Waals surface area contributed by atoms with Crippen LogP contribution in [-0.4, -0.2) is 36.9 Å². The van der Waals surface area contributed by atoms with Crippen LogP contribution in [-0.2, 0) is 21.2 Å². The van der Waals surface area contributed by atoms with Gasteiger partial charge >= 0.3 is 5.97 Å². The van der Waals surface area contributed by atoms with Crippen LogP contribution in [0, 0.1) is 11.8 Å². The molecule has 31 heavy (non-hydrogen) atoms. The zero-order valence-electron chi connectivity index (χ0n) is 17.4. The fourth-order valence-electron chi connectivity index (χ4n) is 4.52. The first-order valence-corrected chi connectivity index (χ1v) is 12.1. The normalized spacial score (nSPS) is 16.9. The van der Waals surface area contributed by atoms with Crippen LogP contribution in [0.15, 0.2) is 77.7 Å². The largest absolute Gasteiger partial charge is 0.481 e. The number of sulfonamides is 1. The molecular formula is C25H27NO4S. The van der Waals surface area contributed by atoms with Crippen molar-refractivity contribution in [1.29, 1.82) is 0 Å². The summed E-state index contributed by atoms with van der Waals surface area (Å²) in [5, 5.41) is 11.7. The molecule has 0 aromatic heterocycles. The fraction of sp³-hybridized carbons (Fsp3) is 0.320. The minimum Gasteiger partial charge on any atom is -0.481 e. The van der Waals surface area contributed by atoms with Gasteiger partial charge in [0, 0.05) is 13.1 Å². The standard InChI is InChI=1S/C25H27NO4S/c27-25(28)24(13-10-19-6-2-1-3-7-19)21-14-16-26(17-15-21)31(29,30)23-12-11-20-8-4-5-9-22(20)18-23/h1-9,11-12,18,21,24H,10,13-17H2,(H,27,28). The van der Waals surface area contributed by atoms with E-state index in [9.17, 15) is 18.3 Å². The third-order valence-electron chi connectivity index (χ3n) is 6.33. The molecule has 1 heterocycles. The number of carbonyl (C=O) groups is 1. The fourth-order valence-corrected chi connectivity index (χ4v) is 6.03. The highest BCUT2D eigenvalue weighted by molar-refractivity contribution is 7.89. The van der Waals surface area contributed by atoms with E-state index in [1.807, 2.05) is 60.7 Å². The van der Waals surface area contributed by atoms with Gasteiger partial charge in [-0.1, -0.05) is 60.7 Å². The molecule has 1 fully saturated rings. The van der Waals surface area contributed by atoms with Crippen molar-refractivity contribution in [3.8, 4) is 0 Å². The second-order valence-electron chi connectivity index (χ2n) is 8.22. The Balaban J connectivity index is 1.42. The molecule has 0 saturated carbocycles. The summed E-state index contributed by atoms with van der Waals surface area (Å²) in [6.45, 7) is 0.712. The lowest BCUT2D eigenvalue weighted by Crippen LogP contribution is -2.41. The van der Waals surface area contributed by atoms with Gasteiger partial charge in [-0.05, 0) is 60.1 Å². The number of hydrogen-bond acceptors (Lipinski definition) is 3. The number of hydrogen-bond donors (Lipinski definition) is 1. The Morgan fingerprint density at radius 2 is 1.58 bits per heavy atom. The van der Waals surface area contributed by atoms with Crippen LogP contribution in [0.25, 0.3) is 10.8 Å². The summed E-state index contributed by atoms with van der Waals surface area (Å²) in [5.74, 6) is -1.25. The Morgan fingerprint density at radius 1 is 0.935 bits per heavy atom. The van der Waals surface area contributed by atoms with Crippen LogP contribution in [0.1, 0.15) is 24.8 Å². The molecule has 1 N–H and O–H groups in total. The van der Waals surface area contributed by atoms with Gasteiger partial charge in [0.25, 0.3) is 0 Å². The number of aryl methyl sites for hydroxylation is 1. The summed E-state index contributed by atoms with van der Waals surface area (Å²) in [4.78, 5) is 12.2. The van der Waals surface area contributed by atoms with E-state index in [1.165, 1.54) is 4.31 Å². The number of benzene rings is 3. The van der Waals surface area contributed by atoms with Gasteiger partial charge in [0.15, 0.2) is 0 Å². The number of rotatable bonds is 7. The van der Waals surface area contributed by atoms with Gasteiger partial charge in [0.1, 0.15) is 0 Å². The van der Waals surface area contributed by atoms with Crippen molar-refractivity contribution in [2.45, 2.75) is 30.6 Å². The highest BCUT2D eigenvalue weighted by Crippen LogP contribution is 2.32. The van der Waals surface area contributed by atoms with Gasteiger partial charge < -0.3 is 5.11 Å². The van der Waals surface area contributed by atoms with Crippen LogP contribution >= 0.6 is 0 Å². The van der Waals surface area contributed by atoms with E-state index in [-0.39, 0.29) is 5.92 Å². The summed E-state index contributed by atoms with van der Waals surface area (Å²) in [5.41, 5.74) is 1.13. The van der Waals surface area contributed by atoms with Gasteiger partial charge in [-0.25, -0.2) is 8.42 Å². The third kappa shape index (κ3) is 4.81. The second kappa shape index (κ2) is 9.20. The Kier molecular flexibility index (Phi) is 6.39. The van der Waals surface area contributed by atoms with Crippen molar-refractivity contribution in [2.75, 3.05) is 13.1 Å². The summed E-state index contributed by atoms with van der Waals surface area (Å²) in [6, 6.07) is 22.8. The Labute approximate surface area is 183 Å². The zero-order valence-corrected chi connectivity index (χ0v) is 18.2. The van der Waals surface area contributed by atoms with E-state index in [1.54, 1.807) is 12.1 Å². The minimum absolute atomic E-state index is 0.00994. The molecule has 4 rings (SSSR count). The van der Waals surface area contributed by atoms with Crippen molar-refractivity contribution < 1.29 is 18.3 Å². The van der Waals surface area contributed by atoms with Gasteiger partial charge in [-0.15, -0.1) is 0 Å². The SMILES string of the molecule is O=C(O)C(CCc1ccccc1)C1CCN(S(=O)(=O)c2ccc3ccccc3c2)CC1. The molecule has 3 aromatic rings. The van der Waals surface area contributed by atoms with Gasteiger partial charge in [0.2, 0.25) is 10.0 Å². The van der Waals surface area contributed by atoms with E-state index in [4.69, 9.17) is 0 Å².